The van der Waals surface area contributed by atoms with Gasteiger partial charge >= 0.3 is 0 Å². The first-order valence-electron chi connectivity index (χ1n) is 6.55. The highest BCUT2D eigenvalue weighted by Crippen LogP contribution is 2.11. The summed E-state index contributed by atoms with van der Waals surface area (Å²) in [7, 11) is 0. The highest BCUT2D eigenvalue weighted by atomic mass is 35.5. The molecule has 2 N–H and O–H groups in total. The second-order valence-corrected chi connectivity index (χ2v) is 4.82. The summed E-state index contributed by atoms with van der Waals surface area (Å²) in [5, 5.41) is 6.47. The van der Waals surface area contributed by atoms with E-state index in [1.807, 2.05) is 17.7 Å². The summed E-state index contributed by atoms with van der Waals surface area (Å²) in [5.41, 5.74) is 0. The highest BCUT2D eigenvalue weighted by molar-refractivity contribution is 6.28. The van der Waals surface area contributed by atoms with Gasteiger partial charge in [0.2, 0.25) is 17.2 Å². The van der Waals surface area contributed by atoms with Crippen molar-refractivity contribution in [2.45, 2.75) is 32.9 Å². The number of anilines is 2. The summed E-state index contributed by atoms with van der Waals surface area (Å²) in [4.78, 5) is 16.4. The Morgan fingerprint density at radius 2 is 2.10 bits per heavy atom. The largest absolute Gasteiger partial charge is 0.354 e. The van der Waals surface area contributed by atoms with E-state index in [9.17, 15) is 0 Å². The van der Waals surface area contributed by atoms with Crippen molar-refractivity contribution >= 4 is 23.5 Å². The van der Waals surface area contributed by atoms with Crippen molar-refractivity contribution in [2.75, 3.05) is 17.2 Å². The van der Waals surface area contributed by atoms with Crippen molar-refractivity contribution in [3.63, 3.8) is 0 Å². The Bertz CT molecular complexity index is 529. The van der Waals surface area contributed by atoms with Crippen LogP contribution in [-0.4, -0.2) is 37.1 Å². The van der Waals surface area contributed by atoms with Crippen LogP contribution in [0.15, 0.2) is 18.7 Å². The second kappa shape index (κ2) is 7.04. The van der Waals surface area contributed by atoms with Gasteiger partial charge in [0.25, 0.3) is 0 Å². The molecular weight excluding hydrogens is 278 g/mol. The molecule has 2 rings (SSSR count). The van der Waals surface area contributed by atoms with Gasteiger partial charge in [-0.3, -0.25) is 0 Å². The molecule has 2 aromatic heterocycles. The molecule has 108 valence electrons. The van der Waals surface area contributed by atoms with Gasteiger partial charge in [-0.05, 0) is 24.9 Å². The van der Waals surface area contributed by atoms with Crippen molar-refractivity contribution in [3.8, 4) is 0 Å². The van der Waals surface area contributed by atoms with Crippen molar-refractivity contribution < 1.29 is 0 Å². The number of halogens is 1. The van der Waals surface area contributed by atoms with Crippen LogP contribution in [0.1, 0.15) is 20.3 Å². The summed E-state index contributed by atoms with van der Waals surface area (Å²) in [6.07, 6.45) is 6.42. The lowest BCUT2D eigenvalue weighted by Crippen LogP contribution is -2.23. The number of nitrogens with one attached hydrogen (secondary N) is 2. The van der Waals surface area contributed by atoms with Gasteiger partial charge in [0.05, 0.1) is 6.33 Å². The Morgan fingerprint density at radius 3 is 2.80 bits per heavy atom. The van der Waals surface area contributed by atoms with Crippen LogP contribution in [0.25, 0.3) is 0 Å². The molecule has 0 amide bonds. The predicted molar refractivity (Wildman–Crippen MR) is 78.9 cm³/mol. The number of rotatable bonds is 7. The van der Waals surface area contributed by atoms with Crippen molar-refractivity contribution in [1.29, 1.82) is 0 Å². The molecule has 0 aliphatic heterocycles. The minimum atomic E-state index is 0.140. The maximum Gasteiger partial charge on any atom is 0.229 e. The fourth-order valence-electron chi connectivity index (χ4n) is 1.71. The summed E-state index contributed by atoms with van der Waals surface area (Å²) < 4.78 is 1.98. The molecule has 7 nitrogen and oxygen atoms in total. The van der Waals surface area contributed by atoms with Crippen LogP contribution < -0.4 is 10.6 Å². The van der Waals surface area contributed by atoms with Gasteiger partial charge in [-0.15, -0.1) is 0 Å². The molecule has 0 radical (unpaired) electrons. The van der Waals surface area contributed by atoms with Gasteiger partial charge in [-0.2, -0.15) is 15.0 Å². The van der Waals surface area contributed by atoms with Gasteiger partial charge in [-0.1, -0.05) is 6.92 Å². The monoisotopic (exact) mass is 295 g/mol. The van der Waals surface area contributed by atoms with E-state index in [-0.39, 0.29) is 11.3 Å². The van der Waals surface area contributed by atoms with Crippen molar-refractivity contribution in [1.82, 2.24) is 24.5 Å². The molecule has 0 aliphatic rings. The smallest absolute Gasteiger partial charge is 0.229 e. The van der Waals surface area contributed by atoms with Crippen LogP contribution in [-0.2, 0) is 6.54 Å². The summed E-state index contributed by atoms with van der Waals surface area (Å²) in [5.74, 6) is 0.959. The van der Waals surface area contributed by atoms with E-state index < -0.39 is 0 Å². The molecule has 1 unspecified atom stereocenters. The lowest BCUT2D eigenvalue weighted by Gasteiger charge is -2.14. The van der Waals surface area contributed by atoms with E-state index in [0.717, 1.165) is 19.5 Å². The lowest BCUT2D eigenvalue weighted by molar-refractivity contribution is 0.614. The molecule has 0 aromatic carbocycles. The molecule has 0 bridgehead atoms. The van der Waals surface area contributed by atoms with Crippen molar-refractivity contribution in [3.05, 3.63) is 24.0 Å². The minimum absolute atomic E-state index is 0.140. The average molecular weight is 296 g/mol. The Kier molecular flexibility index (Phi) is 5.11. The molecular formula is C12H18ClN7. The van der Waals surface area contributed by atoms with E-state index >= 15 is 0 Å². The third-order valence-corrected chi connectivity index (χ3v) is 2.73. The predicted octanol–water partition coefficient (Wildman–Crippen LogP) is 2.04. The van der Waals surface area contributed by atoms with Crippen LogP contribution in [0.2, 0.25) is 5.28 Å². The van der Waals surface area contributed by atoms with Gasteiger partial charge in [0, 0.05) is 31.5 Å². The quantitative estimate of drug-likeness (QED) is 0.813. The van der Waals surface area contributed by atoms with E-state index in [0.29, 0.717) is 11.9 Å². The van der Waals surface area contributed by atoms with Crippen LogP contribution in [0.4, 0.5) is 11.9 Å². The normalized spacial score (nSPS) is 12.2. The van der Waals surface area contributed by atoms with Gasteiger partial charge in [-0.25, -0.2) is 4.98 Å². The minimum Gasteiger partial charge on any atom is -0.354 e. The third-order valence-electron chi connectivity index (χ3n) is 2.56. The Labute approximate surface area is 122 Å². The van der Waals surface area contributed by atoms with E-state index in [4.69, 9.17) is 11.6 Å². The second-order valence-electron chi connectivity index (χ2n) is 4.48. The fraction of sp³-hybridized carbons (Fsp3) is 0.500. The molecule has 1 atom stereocenters. The van der Waals surface area contributed by atoms with E-state index in [2.05, 4.69) is 37.5 Å². The molecule has 0 fully saturated rings. The summed E-state index contributed by atoms with van der Waals surface area (Å²) >= 11 is 5.90. The van der Waals surface area contributed by atoms with E-state index in [1.54, 1.807) is 12.5 Å². The first-order chi connectivity index (χ1) is 9.67. The Morgan fingerprint density at radius 1 is 1.30 bits per heavy atom. The fourth-order valence-corrected chi connectivity index (χ4v) is 1.87. The molecule has 2 aromatic rings. The summed E-state index contributed by atoms with van der Waals surface area (Å²) in [6.45, 7) is 5.67. The zero-order chi connectivity index (χ0) is 14.4. The molecule has 8 heteroatoms. The molecule has 2 heterocycles. The van der Waals surface area contributed by atoms with Gasteiger partial charge < -0.3 is 15.2 Å². The molecule has 0 saturated heterocycles. The third kappa shape index (κ3) is 4.34. The maximum atomic E-state index is 5.90. The maximum absolute atomic E-state index is 5.90. The zero-order valence-electron chi connectivity index (χ0n) is 11.5. The topological polar surface area (TPSA) is 80.5 Å². The number of imidazole rings is 1. The van der Waals surface area contributed by atoms with Crippen molar-refractivity contribution in [2.24, 2.45) is 0 Å². The molecule has 0 spiro atoms. The van der Waals surface area contributed by atoms with Crippen LogP contribution in [0.3, 0.4) is 0 Å². The van der Waals surface area contributed by atoms with Crippen LogP contribution >= 0.6 is 11.6 Å². The zero-order valence-corrected chi connectivity index (χ0v) is 12.3. The molecule has 0 saturated carbocycles. The van der Waals surface area contributed by atoms with E-state index in [1.165, 1.54) is 0 Å². The number of nitrogens with zero attached hydrogens (tertiary/aromatic N) is 5. The van der Waals surface area contributed by atoms with Crippen LogP contribution in [0.5, 0.6) is 0 Å². The average Bonchev–Trinajstić information content (AvgIpc) is 2.88. The number of hydrogen-bond donors (Lipinski definition) is 2. The summed E-state index contributed by atoms with van der Waals surface area (Å²) in [6, 6.07) is 0.140. The SMILES string of the molecule is CCCNc1nc(Cl)nc(NC(C)Cn2ccnc2)n1. The van der Waals surface area contributed by atoms with Crippen LogP contribution in [0, 0.1) is 0 Å². The van der Waals surface area contributed by atoms with Gasteiger partial charge in [0.15, 0.2) is 0 Å². The number of hydrogen-bond acceptors (Lipinski definition) is 6. The van der Waals surface area contributed by atoms with Gasteiger partial charge in [0.1, 0.15) is 0 Å². The highest BCUT2D eigenvalue weighted by Gasteiger charge is 2.08. The first kappa shape index (κ1) is 14.5. The number of aromatic nitrogens is 5. The molecule has 0 aliphatic carbocycles. The lowest BCUT2D eigenvalue weighted by atomic mass is 10.3. The standard InChI is InChI=1S/C12H18ClN7/c1-3-4-15-11-17-10(13)18-12(19-11)16-9(2)7-20-6-5-14-8-20/h5-6,8-9H,3-4,7H2,1-2H3,(H2,15,16,17,18,19). The Balaban J connectivity index is 1.98. The molecule has 20 heavy (non-hydrogen) atoms. The Hall–Kier alpha value is -1.89. The first-order valence-corrected chi connectivity index (χ1v) is 6.93.